The number of aromatic nitrogens is 2. The molecule has 136 valence electrons. The van der Waals surface area contributed by atoms with Crippen molar-refractivity contribution in [2.24, 2.45) is 0 Å². The SMILES string of the molecule is CCOc1ccccc1-c1nc2ccc(F)cn2c1CN1CCNCC1. The lowest BCUT2D eigenvalue weighted by molar-refractivity contribution is 0.230. The molecule has 3 aromatic rings. The van der Waals surface area contributed by atoms with E-state index >= 15 is 0 Å². The van der Waals surface area contributed by atoms with Crippen LogP contribution in [0, 0.1) is 5.82 Å². The Labute approximate surface area is 152 Å². The second kappa shape index (κ2) is 7.43. The van der Waals surface area contributed by atoms with Crippen molar-refractivity contribution in [2.75, 3.05) is 32.8 Å². The quantitative estimate of drug-likeness (QED) is 0.765. The van der Waals surface area contributed by atoms with Crippen LogP contribution in [0.3, 0.4) is 0 Å². The van der Waals surface area contributed by atoms with E-state index in [9.17, 15) is 4.39 Å². The van der Waals surface area contributed by atoms with E-state index in [-0.39, 0.29) is 5.82 Å². The highest BCUT2D eigenvalue weighted by Crippen LogP contribution is 2.33. The maximum atomic E-state index is 13.9. The zero-order chi connectivity index (χ0) is 17.9. The van der Waals surface area contributed by atoms with Gasteiger partial charge in [-0.1, -0.05) is 12.1 Å². The Hall–Kier alpha value is -2.44. The molecule has 1 saturated heterocycles. The van der Waals surface area contributed by atoms with Crippen LogP contribution in [0.4, 0.5) is 4.39 Å². The van der Waals surface area contributed by atoms with Gasteiger partial charge in [0.15, 0.2) is 0 Å². The Kier molecular flexibility index (Phi) is 4.86. The predicted octanol–water partition coefficient (Wildman–Crippen LogP) is 2.94. The van der Waals surface area contributed by atoms with E-state index in [1.807, 2.05) is 35.6 Å². The smallest absolute Gasteiger partial charge is 0.139 e. The Morgan fingerprint density at radius 3 is 2.77 bits per heavy atom. The first-order chi connectivity index (χ1) is 12.8. The number of fused-ring (bicyclic) bond motifs is 1. The number of ether oxygens (including phenoxy) is 1. The van der Waals surface area contributed by atoms with Gasteiger partial charge in [0.1, 0.15) is 17.2 Å². The molecular weight excluding hydrogens is 331 g/mol. The van der Waals surface area contributed by atoms with Gasteiger partial charge in [-0.3, -0.25) is 9.30 Å². The Bertz CT molecular complexity index is 902. The van der Waals surface area contributed by atoms with Gasteiger partial charge < -0.3 is 10.1 Å². The lowest BCUT2D eigenvalue weighted by Gasteiger charge is -2.27. The molecule has 0 radical (unpaired) electrons. The zero-order valence-corrected chi connectivity index (χ0v) is 14.9. The van der Waals surface area contributed by atoms with Crippen LogP contribution in [0.2, 0.25) is 0 Å². The fourth-order valence-corrected chi connectivity index (χ4v) is 3.46. The largest absolute Gasteiger partial charge is 0.493 e. The molecule has 6 heteroatoms. The number of halogens is 1. The third kappa shape index (κ3) is 3.30. The van der Waals surface area contributed by atoms with Crippen LogP contribution in [0.15, 0.2) is 42.6 Å². The minimum absolute atomic E-state index is 0.263. The van der Waals surface area contributed by atoms with E-state index in [1.54, 1.807) is 6.07 Å². The lowest BCUT2D eigenvalue weighted by Crippen LogP contribution is -2.43. The molecular formula is C20H23FN4O. The summed E-state index contributed by atoms with van der Waals surface area (Å²) >= 11 is 0. The molecule has 4 rings (SSSR count). The number of hydrogen-bond acceptors (Lipinski definition) is 4. The fraction of sp³-hybridized carbons (Fsp3) is 0.350. The summed E-state index contributed by atoms with van der Waals surface area (Å²) in [4.78, 5) is 7.18. The summed E-state index contributed by atoms with van der Waals surface area (Å²) in [6.45, 7) is 7.15. The highest BCUT2D eigenvalue weighted by atomic mass is 19.1. The maximum absolute atomic E-state index is 13.9. The molecule has 0 atom stereocenters. The van der Waals surface area contributed by atoms with Crippen molar-refractivity contribution in [2.45, 2.75) is 13.5 Å². The monoisotopic (exact) mass is 354 g/mol. The van der Waals surface area contributed by atoms with Gasteiger partial charge in [0, 0.05) is 44.5 Å². The number of benzene rings is 1. The number of imidazole rings is 1. The normalized spacial score (nSPS) is 15.5. The van der Waals surface area contributed by atoms with E-state index in [0.717, 1.165) is 61.1 Å². The minimum atomic E-state index is -0.263. The fourth-order valence-electron chi connectivity index (χ4n) is 3.46. The van der Waals surface area contributed by atoms with Crippen molar-refractivity contribution < 1.29 is 9.13 Å². The highest BCUT2D eigenvalue weighted by Gasteiger charge is 2.20. The van der Waals surface area contributed by atoms with Crippen molar-refractivity contribution in [3.05, 3.63) is 54.1 Å². The molecule has 1 aromatic carbocycles. The van der Waals surface area contributed by atoms with Crippen molar-refractivity contribution in [1.82, 2.24) is 19.6 Å². The van der Waals surface area contributed by atoms with Crippen molar-refractivity contribution in [3.8, 4) is 17.0 Å². The van der Waals surface area contributed by atoms with Crippen molar-refractivity contribution in [1.29, 1.82) is 0 Å². The summed E-state index contributed by atoms with van der Waals surface area (Å²) in [5.74, 6) is 0.543. The Morgan fingerprint density at radius 2 is 1.96 bits per heavy atom. The molecule has 0 unspecified atom stereocenters. The van der Waals surface area contributed by atoms with Crippen molar-refractivity contribution >= 4 is 5.65 Å². The average Bonchev–Trinajstić information content (AvgIpc) is 3.01. The summed E-state index contributed by atoms with van der Waals surface area (Å²) in [5, 5.41) is 3.37. The van der Waals surface area contributed by atoms with Crippen molar-refractivity contribution in [3.63, 3.8) is 0 Å². The van der Waals surface area contributed by atoms with Crippen LogP contribution in [0.25, 0.3) is 16.9 Å². The van der Waals surface area contributed by atoms with E-state index < -0.39 is 0 Å². The molecule has 1 fully saturated rings. The number of pyridine rings is 1. The molecule has 5 nitrogen and oxygen atoms in total. The highest BCUT2D eigenvalue weighted by molar-refractivity contribution is 5.72. The van der Waals surface area contributed by atoms with Gasteiger partial charge in [0.25, 0.3) is 0 Å². The third-order valence-corrected chi connectivity index (χ3v) is 4.71. The van der Waals surface area contributed by atoms with Gasteiger partial charge in [-0.2, -0.15) is 0 Å². The molecule has 0 spiro atoms. The van der Waals surface area contributed by atoms with Crippen LogP contribution in [-0.4, -0.2) is 47.1 Å². The summed E-state index contributed by atoms with van der Waals surface area (Å²) in [6, 6.07) is 11.1. The van der Waals surface area contributed by atoms with Gasteiger partial charge in [0.2, 0.25) is 0 Å². The van der Waals surface area contributed by atoms with E-state index in [2.05, 4.69) is 10.2 Å². The summed E-state index contributed by atoms with van der Waals surface area (Å²) in [7, 11) is 0. The van der Waals surface area contributed by atoms with Gasteiger partial charge in [-0.25, -0.2) is 9.37 Å². The lowest BCUT2D eigenvalue weighted by atomic mass is 10.1. The topological polar surface area (TPSA) is 41.8 Å². The molecule has 2 aromatic heterocycles. The van der Waals surface area contributed by atoms with Crippen LogP contribution >= 0.6 is 0 Å². The van der Waals surface area contributed by atoms with E-state index in [4.69, 9.17) is 9.72 Å². The molecule has 1 N–H and O–H groups in total. The second-order valence-electron chi connectivity index (χ2n) is 6.44. The van der Waals surface area contributed by atoms with Crippen LogP contribution in [0.5, 0.6) is 5.75 Å². The zero-order valence-electron chi connectivity index (χ0n) is 14.9. The summed E-state index contributed by atoms with van der Waals surface area (Å²) in [5.41, 5.74) is 3.55. The molecule has 1 aliphatic heterocycles. The standard InChI is InChI=1S/C20H23FN4O/c1-2-26-18-6-4-3-5-16(18)20-17(14-24-11-9-22-10-12-24)25-13-15(21)7-8-19(25)23-20/h3-8,13,22H,2,9-12,14H2,1H3. The predicted molar refractivity (Wildman–Crippen MR) is 99.9 cm³/mol. The molecule has 0 amide bonds. The van der Waals surface area contributed by atoms with Crippen LogP contribution in [-0.2, 0) is 6.54 Å². The van der Waals surface area contributed by atoms with Crippen LogP contribution in [0.1, 0.15) is 12.6 Å². The van der Waals surface area contributed by atoms with E-state index in [1.165, 1.54) is 12.3 Å². The molecule has 0 saturated carbocycles. The number of piperazine rings is 1. The first-order valence-electron chi connectivity index (χ1n) is 9.08. The molecule has 0 bridgehead atoms. The Balaban J connectivity index is 1.84. The first-order valence-corrected chi connectivity index (χ1v) is 9.08. The number of nitrogens with one attached hydrogen (secondary N) is 1. The molecule has 26 heavy (non-hydrogen) atoms. The van der Waals surface area contributed by atoms with E-state index in [0.29, 0.717) is 6.61 Å². The number of hydrogen-bond donors (Lipinski definition) is 1. The van der Waals surface area contributed by atoms with Gasteiger partial charge >= 0.3 is 0 Å². The average molecular weight is 354 g/mol. The first kappa shape index (κ1) is 17.0. The minimum Gasteiger partial charge on any atom is -0.493 e. The van der Waals surface area contributed by atoms with Gasteiger partial charge in [0.05, 0.1) is 18.0 Å². The second-order valence-corrected chi connectivity index (χ2v) is 6.44. The summed E-state index contributed by atoms with van der Waals surface area (Å²) in [6.07, 6.45) is 1.52. The molecule has 1 aliphatic rings. The third-order valence-electron chi connectivity index (χ3n) is 4.71. The number of rotatable bonds is 5. The Morgan fingerprint density at radius 1 is 1.15 bits per heavy atom. The summed E-state index contributed by atoms with van der Waals surface area (Å²) < 4.78 is 21.6. The molecule has 3 heterocycles. The molecule has 0 aliphatic carbocycles. The van der Waals surface area contributed by atoms with Gasteiger partial charge in [-0.05, 0) is 31.2 Å². The van der Waals surface area contributed by atoms with Crippen LogP contribution < -0.4 is 10.1 Å². The number of nitrogens with zero attached hydrogens (tertiary/aromatic N) is 3. The van der Waals surface area contributed by atoms with Gasteiger partial charge in [-0.15, -0.1) is 0 Å². The number of para-hydroxylation sites is 1. The maximum Gasteiger partial charge on any atom is 0.139 e.